The summed E-state index contributed by atoms with van der Waals surface area (Å²) in [6, 6.07) is 15.9. The van der Waals surface area contributed by atoms with Gasteiger partial charge in [0.05, 0.1) is 27.7 Å². The highest BCUT2D eigenvalue weighted by Gasteiger charge is 2.13. The highest BCUT2D eigenvalue weighted by atomic mass is 35.5. The first-order valence-electron chi connectivity index (χ1n) is 9.45. The summed E-state index contributed by atoms with van der Waals surface area (Å²) in [5, 5.41) is 5.13. The van der Waals surface area contributed by atoms with Crippen LogP contribution in [0.5, 0.6) is 0 Å². The molecule has 2 aromatic carbocycles. The maximum absolute atomic E-state index is 12.1. The Bertz CT molecular complexity index is 1070. The van der Waals surface area contributed by atoms with Crippen molar-refractivity contribution in [2.45, 2.75) is 26.5 Å². The topological polar surface area (TPSA) is 46.4 Å². The molecule has 0 spiro atoms. The van der Waals surface area contributed by atoms with Gasteiger partial charge >= 0.3 is 0 Å². The lowest BCUT2D eigenvalue weighted by atomic mass is 10.2. The Balaban J connectivity index is 1.59. The van der Waals surface area contributed by atoms with Crippen molar-refractivity contribution in [3.05, 3.63) is 86.7 Å². The van der Waals surface area contributed by atoms with Crippen molar-refractivity contribution in [2.75, 3.05) is 5.75 Å². The molecular formula is C23H23Cl2N3OS. The first kappa shape index (κ1) is 22.5. The van der Waals surface area contributed by atoms with E-state index >= 15 is 0 Å². The maximum atomic E-state index is 12.1. The quantitative estimate of drug-likeness (QED) is 0.343. The summed E-state index contributed by atoms with van der Waals surface area (Å²) in [7, 11) is 0. The molecule has 0 aliphatic carbocycles. The minimum Gasteiger partial charge on any atom is -0.316 e. The number of aryl methyl sites for hydroxylation is 2. The Morgan fingerprint density at radius 2 is 1.87 bits per heavy atom. The van der Waals surface area contributed by atoms with E-state index in [1.54, 1.807) is 24.0 Å². The standard InChI is InChI=1S/C23H23Cl2N3OS/c1-15-7-9-18(10-8-15)13-30-14-22(29)27-26-12-19-11-16(2)28(17(19)3)21-6-4-5-20(24)23(21)25/h4-12H,13-14H2,1-3H3,(H,27,29)/b26-12+. The van der Waals surface area contributed by atoms with Gasteiger partial charge in [-0.25, -0.2) is 5.43 Å². The van der Waals surface area contributed by atoms with E-state index in [9.17, 15) is 4.79 Å². The summed E-state index contributed by atoms with van der Waals surface area (Å²) >= 11 is 14.1. The Morgan fingerprint density at radius 1 is 1.13 bits per heavy atom. The number of carbonyl (C=O) groups excluding carboxylic acids is 1. The normalized spacial score (nSPS) is 11.2. The van der Waals surface area contributed by atoms with E-state index in [0.29, 0.717) is 15.8 Å². The Kier molecular flexibility index (Phi) is 7.64. The van der Waals surface area contributed by atoms with Gasteiger partial charge in [0.2, 0.25) is 5.91 Å². The number of aromatic nitrogens is 1. The number of nitrogens with zero attached hydrogens (tertiary/aromatic N) is 2. The number of rotatable bonds is 7. The van der Waals surface area contributed by atoms with Crippen LogP contribution < -0.4 is 5.43 Å². The molecule has 0 unspecified atom stereocenters. The van der Waals surface area contributed by atoms with E-state index in [1.165, 1.54) is 11.1 Å². The molecule has 7 heteroatoms. The number of carbonyl (C=O) groups is 1. The average molecular weight is 460 g/mol. The van der Waals surface area contributed by atoms with Gasteiger partial charge in [0, 0.05) is 22.7 Å². The van der Waals surface area contributed by atoms with E-state index in [2.05, 4.69) is 41.7 Å². The molecule has 0 radical (unpaired) electrons. The van der Waals surface area contributed by atoms with Crippen LogP contribution in [-0.2, 0) is 10.5 Å². The van der Waals surface area contributed by atoms with E-state index in [4.69, 9.17) is 23.2 Å². The van der Waals surface area contributed by atoms with Crippen LogP contribution in [0.3, 0.4) is 0 Å². The molecule has 4 nitrogen and oxygen atoms in total. The average Bonchev–Trinajstić information content (AvgIpc) is 2.99. The zero-order valence-corrected chi connectivity index (χ0v) is 19.4. The lowest BCUT2D eigenvalue weighted by molar-refractivity contribution is -0.118. The third-order valence-corrected chi connectivity index (χ3v) is 6.47. The predicted molar refractivity (Wildman–Crippen MR) is 128 cm³/mol. The first-order chi connectivity index (χ1) is 14.4. The fourth-order valence-corrected chi connectivity index (χ4v) is 4.27. The molecular weight excluding hydrogens is 437 g/mol. The van der Waals surface area contributed by atoms with Crippen molar-refractivity contribution in [3.8, 4) is 5.69 Å². The summed E-state index contributed by atoms with van der Waals surface area (Å²) in [6.45, 7) is 6.02. The number of hydrogen-bond donors (Lipinski definition) is 1. The SMILES string of the molecule is Cc1ccc(CSCC(=O)N/N=C/c2cc(C)n(-c3cccc(Cl)c3Cl)c2C)cc1. The fourth-order valence-electron chi connectivity index (χ4n) is 3.11. The van der Waals surface area contributed by atoms with Gasteiger partial charge in [-0.2, -0.15) is 5.10 Å². The summed E-state index contributed by atoms with van der Waals surface area (Å²) < 4.78 is 2.02. The van der Waals surface area contributed by atoms with Gasteiger partial charge in [-0.3, -0.25) is 4.79 Å². The van der Waals surface area contributed by atoms with E-state index in [0.717, 1.165) is 28.4 Å². The number of amides is 1. The van der Waals surface area contributed by atoms with Crippen LogP contribution in [0.25, 0.3) is 5.69 Å². The summed E-state index contributed by atoms with van der Waals surface area (Å²) in [4.78, 5) is 12.1. The number of halogens is 2. The Hall–Kier alpha value is -2.21. The molecule has 0 aliphatic heterocycles. The summed E-state index contributed by atoms with van der Waals surface area (Å²) in [6.07, 6.45) is 1.65. The van der Waals surface area contributed by atoms with Gasteiger partial charge in [-0.05, 0) is 44.5 Å². The number of hydrazone groups is 1. The lowest BCUT2D eigenvalue weighted by Gasteiger charge is -2.12. The van der Waals surface area contributed by atoms with Gasteiger partial charge in [0.25, 0.3) is 0 Å². The molecule has 30 heavy (non-hydrogen) atoms. The molecule has 0 fully saturated rings. The van der Waals surface area contributed by atoms with Crippen molar-refractivity contribution in [1.29, 1.82) is 0 Å². The molecule has 0 saturated heterocycles. The highest BCUT2D eigenvalue weighted by molar-refractivity contribution is 7.99. The third kappa shape index (κ3) is 5.48. The van der Waals surface area contributed by atoms with E-state index < -0.39 is 0 Å². The van der Waals surface area contributed by atoms with E-state index in [1.807, 2.05) is 36.6 Å². The van der Waals surface area contributed by atoms with Crippen LogP contribution >= 0.6 is 35.0 Å². The monoisotopic (exact) mass is 459 g/mol. The fraction of sp³-hybridized carbons (Fsp3) is 0.217. The second kappa shape index (κ2) is 10.2. The second-order valence-electron chi connectivity index (χ2n) is 7.01. The smallest absolute Gasteiger partial charge is 0.250 e. The molecule has 3 rings (SSSR count). The number of benzene rings is 2. The van der Waals surface area contributed by atoms with Crippen LogP contribution in [0.1, 0.15) is 28.1 Å². The van der Waals surface area contributed by atoms with Crippen LogP contribution in [0.15, 0.2) is 53.6 Å². The maximum Gasteiger partial charge on any atom is 0.250 e. The molecule has 156 valence electrons. The van der Waals surface area contributed by atoms with Crippen LogP contribution in [0.2, 0.25) is 10.0 Å². The van der Waals surface area contributed by atoms with Gasteiger partial charge in [0.15, 0.2) is 0 Å². The molecule has 1 aromatic heterocycles. The van der Waals surface area contributed by atoms with Gasteiger partial charge in [-0.1, -0.05) is 59.1 Å². The minimum absolute atomic E-state index is 0.130. The summed E-state index contributed by atoms with van der Waals surface area (Å²) in [5.74, 6) is 1.01. The Labute approximate surface area is 191 Å². The molecule has 0 atom stereocenters. The van der Waals surface area contributed by atoms with Crippen molar-refractivity contribution < 1.29 is 4.79 Å². The van der Waals surface area contributed by atoms with Crippen LogP contribution in [-0.4, -0.2) is 22.4 Å². The minimum atomic E-state index is -0.130. The van der Waals surface area contributed by atoms with Gasteiger partial charge in [0.1, 0.15) is 0 Å². The van der Waals surface area contributed by atoms with Crippen LogP contribution in [0.4, 0.5) is 0 Å². The largest absolute Gasteiger partial charge is 0.316 e. The van der Waals surface area contributed by atoms with Gasteiger partial charge in [-0.15, -0.1) is 11.8 Å². The van der Waals surface area contributed by atoms with Gasteiger partial charge < -0.3 is 4.57 Å². The number of hydrogen-bond acceptors (Lipinski definition) is 3. The lowest BCUT2D eigenvalue weighted by Crippen LogP contribution is -2.19. The third-order valence-electron chi connectivity index (χ3n) is 4.66. The van der Waals surface area contributed by atoms with Crippen molar-refractivity contribution >= 4 is 47.1 Å². The van der Waals surface area contributed by atoms with Crippen molar-refractivity contribution in [3.63, 3.8) is 0 Å². The van der Waals surface area contributed by atoms with Crippen molar-refractivity contribution in [1.82, 2.24) is 9.99 Å². The van der Waals surface area contributed by atoms with Crippen LogP contribution in [0, 0.1) is 20.8 Å². The molecule has 1 heterocycles. The van der Waals surface area contributed by atoms with Crippen molar-refractivity contribution in [2.24, 2.45) is 5.10 Å². The second-order valence-corrected chi connectivity index (χ2v) is 8.78. The molecule has 0 saturated carbocycles. The number of nitrogens with one attached hydrogen (secondary N) is 1. The number of thioether (sulfide) groups is 1. The molecule has 1 N–H and O–H groups in total. The molecule has 0 aliphatic rings. The molecule has 1 amide bonds. The zero-order valence-electron chi connectivity index (χ0n) is 17.1. The predicted octanol–water partition coefficient (Wildman–Crippen LogP) is 6.09. The first-order valence-corrected chi connectivity index (χ1v) is 11.4. The summed E-state index contributed by atoms with van der Waals surface area (Å²) in [5.41, 5.74) is 8.70. The molecule has 3 aromatic rings. The zero-order chi connectivity index (χ0) is 21.7. The Morgan fingerprint density at radius 3 is 2.60 bits per heavy atom. The highest BCUT2D eigenvalue weighted by Crippen LogP contribution is 2.31. The molecule has 0 bridgehead atoms. The van der Waals surface area contributed by atoms with E-state index in [-0.39, 0.29) is 5.91 Å².